The smallest absolute Gasteiger partial charge is 0.329 e. The molecule has 26 heavy (non-hydrogen) atoms. The maximum atomic E-state index is 12.7. The van der Waals surface area contributed by atoms with Crippen LogP contribution in [0.1, 0.15) is 12.8 Å². The average molecular weight is 381 g/mol. The van der Waals surface area contributed by atoms with Gasteiger partial charge in [0.25, 0.3) is 0 Å². The van der Waals surface area contributed by atoms with E-state index in [0.29, 0.717) is 17.2 Å². The molecule has 0 saturated carbocycles. The fraction of sp³-hybridized carbons (Fsp3) is 0.444. The van der Waals surface area contributed by atoms with Crippen LogP contribution in [0.4, 0.5) is 4.79 Å². The molecule has 7 nitrogen and oxygen atoms in total. The molecule has 1 saturated heterocycles. The first-order chi connectivity index (χ1) is 12.1. The van der Waals surface area contributed by atoms with Crippen molar-refractivity contribution in [1.82, 2.24) is 19.8 Å². The van der Waals surface area contributed by atoms with Gasteiger partial charge in [0.2, 0.25) is 0 Å². The summed E-state index contributed by atoms with van der Waals surface area (Å²) in [5, 5.41) is 3.31. The summed E-state index contributed by atoms with van der Waals surface area (Å²) in [6.45, 7) is 1.89. The highest BCUT2D eigenvalue weighted by molar-refractivity contribution is 5.85. The van der Waals surface area contributed by atoms with Gasteiger partial charge in [-0.25, -0.2) is 9.78 Å². The summed E-state index contributed by atoms with van der Waals surface area (Å²) in [7, 11) is 5.07. The second-order valence-corrected chi connectivity index (χ2v) is 6.14. The number of aromatic nitrogens is 2. The highest BCUT2D eigenvalue weighted by Gasteiger charge is 2.23. The Hall–Kier alpha value is -2.25. The lowest BCUT2D eigenvalue weighted by molar-refractivity contribution is 0.178. The van der Waals surface area contributed by atoms with Crippen LogP contribution in [-0.2, 0) is 0 Å². The molecule has 0 aliphatic carbocycles. The Kier molecular flexibility index (Phi) is 6.88. The summed E-state index contributed by atoms with van der Waals surface area (Å²) < 4.78 is 12.1. The topological polar surface area (TPSA) is 68.6 Å². The largest absolute Gasteiger partial charge is 0.497 e. The van der Waals surface area contributed by atoms with Crippen LogP contribution >= 0.6 is 12.4 Å². The SMILES string of the molecule is COc1cc(OC)cc(-c2cn(C(=O)N(C)C3CCNCC3)cn2)c1.Cl. The second kappa shape index (κ2) is 8.91. The summed E-state index contributed by atoms with van der Waals surface area (Å²) in [5.41, 5.74) is 1.54. The van der Waals surface area contributed by atoms with Crippen molar-refractivity contribution in [3.8, 4) is 22.8 Å². The van der Waals surface area contributed by atoms with Gasteiger partial charge in [-0.05, 0) is 38.1 Å². The van der Waals surface area contributed by atoms with Crippen molar-refractivity contribution >= 4 is 18.4 Å². The molecular weight excluding hydrogens is 356 g/mol. The van der Waals surface area contributed by atoms with E-state index in [1.807, 2.05) is 19.2 Å². The van der Waals surface area contributed by atoms with E-state index in [1.54, 1.807) is 37.7 Å². The van der Waals surface area contributed by atoms with Crippen molar-refractivity contribution < 1.29 is 14.3 Å². The third-order valence-corrected chi connectivity index (χ3v) is 4.61. The van der Waals surface area contributed by atoms with Crippen LogP contribution < -0.4 is 14.8 Å². The molecule has 1 aromatic carbocycles. The van der Waals surface area contributed by atoms with E-state index in [1.165, 1.54) is 4.57 Å². The molecule has 1 aromatic heterocycles. The van der Waals surface area contributed by atoms with Crippen molar-refractivity contribution in [2.45, 2.75) is 18.9 Å². The van der Waals surface area contributed by atoms with E-state index in [0.717, 1.165) is 31.5 Å². The van der Waals surface area contributed by atoms with E-state index in [2.05, 4.69) is 10.3 Å². The number of rotatable bonds is 4. The highest BCUT2D eigenvalue weighted by atomic mass is 35.5. The molecule has 2 aromatic rings. The first-order valence-electron chi connectivity index (χ1n) is 8.37. The maximum Gasteiger partial charge on any atom is 0.329 e. The predicted molar refractivity (Wildman–Crippen MR) is 102 cm³/mol. The second-order valence-electron chi connectivity index (χ2n) is 6.14. The van der Waals surface area contributed by atoms with Gasteiger partial charge in [-0.15, -0.1) is 12.4 Å². The van der Waals surface area contributed by atoms with Crippen LogP contribution in [-0.4, -0.2) is 60.9 Å². The average Bonchev–Trinajstić information content (AvgIpc) is 3.17. The predicted octanol–water partition coefficient (Wildman–Crippen LogP) is 2.64. The van der Waals surface area contributed by atoms with Crippen LogP contribution in [0.5, 0.6) is 11.5 Å². The van der Waals surface area contributed by atoms with E-state index < -0.39 is 0 Å². The molecular formula is C18H25ClN4O3. The number of halogens is 1. The minimum Gasteiger partial charge on any atom is -0.497 e. The molecule has 1 N–H and O–H groups in total. The van der Waals surface area contributed by atoms with Gasteiger partial charge in [0.05, 0.1) is 19.9 Å². The van der Waals surface area contributed by atoms with E-state index in [-0.39, 0.29) is 24.5 Å². The van der Waals surface area contributed by atoms with Crippen molar-refractivity contribution in [1.29, 1.82) is 0 Å². The number of nitrogens with zero attached hydrogens (tertiary/aromatic N) is 3. The standard InChI is InChI=1S/C18H24N4O3.ClH/c1-21(14-4-6-19-7-5-14)18(23)22-11-17(20-12-22)13-8-15(24-2)10-16(9-13)25-3;/h8-12,14,19H,4-7H2,1-3H3;1H. The van der Waals surface area contributed by atoms with Crippen molar-refractivity contribution in [3.63, 3.8) is 0 Å². The maximum absolute atomic E-state index is 12.7. The molecule has 0 radical (unpaired) electrons. The molecule has 1 aliphatic rings. The third kappa shape index (κ3) is 4.28. The molecule has 0 unspecified atom stereocenters. The summed E-state index contributed by atoms with van der Waals surface area (Å²) in [4.78, 5) is 18.9. The van der Waals surface area contributed by atoms with Crippen LogP contribution in [0.25, 0.3) is 11.3 Å². The lowest BCUT2D eigenvalue weighted by atomic mass is 10.1. The van der Waals surface area contributed by atoms with Gasteiger partial charge in [-0.2, -0.15) is 0 Å². The van der Waals surface area contributed by atoms with Gasteiger partial charge in [0, 0.05) is 30.9 Å². The quantitative estimate of drug-likeness (QED) is 0.883. The van der Waals surface area contributed by atoms with Crippen LogP contribution in [0.3, 0.4) is 0 Å². The Morgan fingerprint density at radius 3 is 2.38 bits per heavy atom. The number of ether oxygens (including phenoxy) is 2. The number of carbonyl (C=O) groups excluding carboxylic acids is 1. The summed E-state index contributed by atoms with van der Waals surface area (Å²) in [6, 6.07) is 5.74. The Bertz CT molecular complexity index is 722. The van der Waals surface area contributed by atoms with E-state index >= 15 is 0 Å². The minimum atomic E-state index is -0.0690. The minimum absolute atomic E-state index is 0. The van der Waals surface area contributed by atoms with Gasteiger partial charge < -0.3 is 19.7 Å². The number of methoxy groups -OCH3 is 2. The van der Waals surface area contributed by atoms with Crippen LogP contribution in [0, 0.1) is 0 Å². The normalized spacial score (nSPS) is 14.4. The Balaban J connectivity index is 0.00000243. The van der Waals surface area contributed by atoms with Gasteiger partial charge in [-0.3, -0.25) is 4.57 Å². The molecule has 0 atom stereocenters. The van der Waals surface area contributed by atoms with Gasteiger partial charge in [-0.1, -0.05) is 0 Å². The lowest BCUT2D eigenvalue weighted by Gasteiger charge is -2.31. The zero-order valence-electron chi connectivity index (χ0n) is 15.3. The number of amides is 1. The molecule has 1 fully saturated rings. The summed E-state index contributed by atoms with van der Waals surface area (Å²) in [5.74, 6) is 1.36. The first kappa shape index (κ1) is 20.1. The number of piperidine rings is 1. The Morgan fingerprint density at radius 2 is 1.81 bits per heavy atom. The molecule has 2 heterocycles. The molecule has 3 rings (SSSR count). The van der Waals surface area contributed by atoms with Gasteiger partial charge in [0.15, 0.2) is 0 Å². The Labute approximate surface area is 159 Å². The van der Waals surface area contributed by atoms with Crippen LogP contribution in [0.2, 0.25) is 0 Å². The van der Waals surface area contributed by atoms with E-state index in [9.17, 15) is 4.79 Å². The molecule has 142 valence electrons. The zero-order valence-corrected chi connectivity index (χ0v) is 16.1. The van der Waals surface area contributed by atoms with Crippen LogP contribution in [0.15, 0.2) is 30.7 Å². The summed E-state index contributed by atoms with van der Waals surface area (Å²) in [6.07, 6.45) is 5.24. The first-order valence-corrected chi connectivity index (χ1v) is 8.37. The fourth-order valence-electron chi connectivity index (χ4n) is 3.06. The highest BCUT2D eigenvalue weighted by Crippen LogP contribution is 2.28. The number of hydrogen-bond acceptors (Lipinski definition) is 5. The number of imidazole rings is 1. The molecule has 0 bridgehead atoms. The number of carbonyl (C=O) groups is 1. The van der Waals surface area contributed by atoms with Crippen molar-refractivity contribution in [2.24, 2.45) is 0 Å². The number of hydrogen-bond donors (Lipinski definition) is 1. The summed E-state index contributed by atoms with van der Waals surface area (Å²) >= 11 is 0. The number of nitrogens with one attached hydrogen (secondary N) is 1. The van der Waals surface area contributed by atoms with Gasteiger partial charge >= 0.3 is 6.03 Å². The monoisotopic (exact) mass is 380 g/mol. The van der Waals surface area contributed by atoms with Gasteiger partial charge in [0.1, 0.15) is 17.8 Å². The lowest BCUT2D eigenvalue weighted by Crippen LogP contribution is -2.45. The number of benzene rings is 1. The molecule has 1 amide bonds. The zero-order chi connectivity index (χ0) is 17.8. The fourth-order valence-corrected chi connectivity index (χ4v) is 3.06. The van der Waals surface area contributed by atoms with Crippen molar-refractivity contribution in [2.75, 3.05) is 34.4 Å². The Morgan fingerprint density at radius 1 is 1.19 bits per heavy atom. The van der Waals surface area contributed by atoms with E-state index in [4.69, 9.17) is 9.47 Å². The molecule has 1 aliphatic heterocycles. The third-order valence-electron chi connectivity index (χ3n) is 4.61. The molecule has 0 spiro atoms. The molecule has 8 heteroatoms. The van der Waals surface area contributed by atoms with Crippen molar-refractivity contribution in [3.05, 3.63) is 30.7 Å².